The summed E-state index contributed by atoms with van der Waals surface area (Å²) in [5, 5.41) is 11.0. The van der Waals surface area contributed by atoms with E-state index < -0.39 is 17.9 Å². The monoisotopic (exact) mass is 293 g/mol. The zero-order valence-electron chi connectivity index (χ0n) is 12.1. The molecule has 1 rings (SSSR count). The minimum Gasteiger partial charge on any atom is -0.494 e. The number of ketones is 1. The molecular weight excluding hydrogens is 274 g/mol. The number of ether oxygens (including phenoxy) is 1. The number of carboxylic acids is 1. The lowest BCUT2D eigenvalue weighted by atomic mass is 10.1. The van der Waals surface area contributed by atoms with Gasteiger partial charge in [0.2, 0.25) is 5.91 Å². The van der Waals surface area contributed by atoms with Gasteiger partial charge in [-0.2, -0.15) is 0 Å². The number of aliphatic carboxylic acids is 1. The molecule has 114 valence electrons. The van der Waals surface area contributed by atoms with Gasteiger partial charge in [-0.3, -0.25) is 14.4 Å². The number of Topliss-reactive ketones (excluding diaryl/α,β-unsaturated/α-hetero) is 1. The molecule has 1 amide bonds. The molecule has 1 aromatic carbocycles. The van der Waals surface area contributed by atoms with Gasteiger partial charge in [0.05, 0.1) is 6.61 Å². The smallest absolute Gasteiger partial charge is 0.325 e. The van der Waals surface area contributed by atoms with Gasteiger partial charge in [0, 0.05) is 18.4 Å². The fraction of sp³-hybridized carbons (Fsp3) is 0.400. The van der Waals surface area contributed by atoms with Crippen molar-refractivity contribution in [3.63, 3.8) is 0 Å². The molecule has 0 heterocycles. The number of nitrogens with one attached hydrogen (secondary N) is 1. The molecule has 21 heavy (non-hydrogen) atoms. The van der Waals surface area contributed by atoms with E-state index in [1.54, 1.807) is 24.3 Å². The maximum absolute atomic E-state index is 11.9. The minimum absolute atomic E-state index is 0.0339. The molecule has 2 N–H and O–H groups in total. The fourth-order valence-corrected chi connectivity index (χ4v) is 1.65. The highest BCUT2D eigenvalue weighted by molar-refractivity contribution is 5.98. The molecule has 0 saturated carbocycles. The Hall–Kier alpha value is -2.37. The number of benzene rings is 1. The first-order valence-corrected chi connectivity index (χ1v) is 6.72. The van der Waals surface area contributed by atoms with Crippen LogP contribution in [0.5, 0.6) is 5.75 Å². The average molecular weight is 293 g/mol. The van der Waals surface area contributed by atoms with E-state index in [1.807, 2.05) is 6.92 Å². The quantitative estimate of drug-likeness (QED) is 0.711. The summed E-state index contributed by atoms with van der Waals surface area (Å²) >= 11 is 0. The van der Waals surface area contributed by atoms with E-state index in [-0.39, 0.29) is 18.6 Å². The fourth-order valence-electron chi connectivity index (χ4n) is 1.65. The number of hydrogen-bond acceptors (Lipinski definition) is 4. The van der Waals surface area contributed by atoms with Crippen molar-refractivity contribution in [2.75, 3.05) is 6.61 Å². The Morgan fingerprint density at radius 1 is 1.19 bits per heavy atom. The Labute approximate surface area is 123 Å². The highest BCUT2D eigenvalue weighted by atomic mass is 16.5. The first-order chi connectivity index (χ1) is 9.93. The van der Waals surface area contributed by atoms with E-state index in [4.69, 9.17) is 9.84 Å². The van der Waals surface area contributed by atoms with E-state index in [0.717, 1.165) is 0 Å². The van der Waals surface area contributed by atoms with Crippen molar-refractivity contribution < 1.29 is 24.2 Å². The van der Waals surface area contributed by atoms with Gasteiger partial charge >= 0.3 is 5.97 Å². The molecule has 0 bridgehead atoms. The Kier molecular flexibility index (Phi) is 6.39. The lowest BCUT2D eigenvalue weighted by molar-refractivity contribution is -0.141. The minimum atomic E-state index is -1.11. The van der Waals surface area contributed by atoms with E-state index in [0.29, 0.717) is 17.9 Å². The summed E-state index contributed by atoms with van der Waals surface area (Å²) in [5.74, 6) is -1.05. The highest BCUT2D eigenvalue weighted by Crippen LogP contribution is 2.14. The van der Waals surface area contributed by atoms with Crippen LogP contribution in [0.25, 0.3) is 0 Å². The second kappa shape index (κ2) is 8.04. The van der Waals surface area contributed by atoms with Crippen molar-refractivity contribution >= 4 is 17.7 Å². The van der Waals surface area contributed by atoms with Crippen molar-refractivity contribution in [2.45, 2.75) is 32.7 Å². The molecule has 0 aliphatic heterocycles. The van der Waals surface area contributed by atoms with Crippen LogP contribution in [0.1, 0.15) is 37.0 Å². The van der Waals surface area contributed by atoms with Crippen LogP contribution in [-0.4, -0.2) is 35.4 Å². The second-order valence-electron chi connectivity index (χ2n) is 4.51. The molecule has 0 aromatic heterocycles. The van der Waals surface area contributed by atoms with Crippen LogP contribution in [0.3, 0.4) is 0 Å². The summed E-state index contributed by atoms with van der Waals surface area (Å²) in [6.45, 7) is 3.79. The number of rotatable bonds is 8. The molecule has 6 nitrogen and oxygen atoms in total. The Morgan fingerprint density at radius 3 is 2.33 bits per heavy atom. The van der Waals surface area contributed by atoms with Gasteiger partial charge in [0.15, 0.2) is 5.78 Å². The van der Waals surface area contributed by atoms with E-state index in [2.05, 4.69) is 5.32 Å². The number of carboxylic acid groups (broad SMARTS) is 1. The van der Waals surface area contributed by atoms with Gasteiger partial charge in [-0.05, 0) is 38.1 Å². The van der Waals surface area contributed by atoms with Crippen molar-refractivity contribution in [1.82, 2.24) is 5.32 Å². The van der Waals surface area contributed by atoms with Crippen molar-refractivity contribution in [3.8, 4) is 5.75 Å². The summed E-state index contributed by atoms with van der Waals surface area (Å²) in [5.41, 5.74) is 0.498. The predicted molar refractivity (Wildman–Crippen MR) is 76.4 cm³/mol. The van der Waals surface area contributed by atoms with Gasteiger partial charge in [-0.15, -0.1) is 0 Å². The Balaban J connectivity index is 2.46. The zero-order chi connectivity index (χ0) is 15.8. The SMILES string of the molecule is CCOc1ccc(C(=O)CCC(=O)NC(C)C(=O)O)cc1. The first kappa shape index (κ1) is 16.7. The van der Waals surface area contributed by atoms with Gasteiger partial charge < -0.3 is 15.2 Å². The van der Waals surface area contributed by atoms with Gasteiger partial charge in [-0.25, -0.2) is 0 Å². The van der Waals surface area contributed by atoms with Crippen molar-refractivity contribution in [3.05, 3.63) is 29.8 Å². The maximum Gasteiger partial charge on any atom is 0.325 e. The summed E-state index contributed by atoms with van der Waals surface area (Å²) < 4.78 is 5.27. The number of carbonyl (C=O) groups excluding carboxylic acids is 2. The van der Waals surface area contributed by atoms with Gasteiger partial charge in [0.25, 0.3) is 0 Å². The zero-order valence-corrected chi connectivity index (χ0v) is 12.1. The normalized spacial score (nSPS) is 11.5. The lowest BCUT2D eigenvalue weighted by Crippen LogP contribution is -2.38. The van der Waals surface area contributed by atoms with Crippen LogP contribution in [0, 0.1) is 0 Å². The molecule has 0 radical (unpaired) electrons. The largest absolute Gasteiger partial charge is 0.494 e. The molecule has 1 aromatic rings. The number of amides is 1. The average Bonchev–Trinajstić information content (AvgIpc) is 2.45. The van der Waals surface area contributed by atoms with Crippen LogP contribution in [-0.2, 0) is 9.59 Å². The topological polar surface area (TPSA) is 92.7 Å². The first-order valence-electron chi connectivity index (χ1n) is 6.72. The number of carbonyl (C=O) groups is 3. The Morgan fingerprint density at radius 2 is 1.81 bits per heavy atom. The second-order valence-corrected chi connectivity index (χ2v) is 4.51. The molecule has 1 unspecified atom stereocenters. The van der Waals surface area contributed by atoms with Crippen LogP contribution in [0.2, 0.25) is 0 Å². The highest BCUT2D eigenvalue weighted by Gasteiger charge is 2.15. The van der Waals surface area contributed by atoms with E-state index >= 15 is 0 Å². The van der Waals surface area contributed by atoms with E-state index in [1.165, 1.54) is 6.92 Å². The van der Waals surface area contributed by atoms with Crippen LogP contribution in [0.15, 0.2) is 24.3 Å². The summed E-state index contributed by atoms with van der Waals surface area (Å²) in [4.78, 5) is 34.0. The predicted octanol–water partition coefficient (Wildman–Crippen LogP) is 1.64. The van der Waals surface area contributed by atoms with Crippen LogP contribution >= 0.6 is 0 Å². The molecule has 0 fully saturated rings. The molecule has 1 atom stereocenters. The maximum atomic E-state index is 11.9. The summed E-state index contributed by atoms with van der Waals surface area (Å²) in [7, 11) is 0. The standard InChI is InChI=1S/C15H19NO5/c1-3-21-12-6-4-11(5-7-12)13(17)8-9-14(18)16-10(2)15(19)20/h4-7,10H,3,8-9H2,1-2H3,(H,16,18)(H,19,20). The third-order valence-corrected chi connectivity index (χ3v) is 2.81. The van der Waals surface area contributed by atoms with Gasteiger partial charge in [0.1, 0.15) is 11.8 Å². The molecule has 0 aliphatic rings. The van der Waals surface area contributed by atoms with Gasteiger partial charge in [-0.1, -0.05) is 0 Å². The van der Waals surface area contributed by atoms with Crippen LogP contribution in [0.4, 0.5) is 0 Å². The third-order valence-electron chi connectivity index (χ3n) is 2.81. The summed E-state index contributed by atoms with van der Waals surface area (Å²) in [6, 6.07) is 5.72. The molecule has 0 spiro atoms. The Bertz CT molecular complexity index is 509. The van der Waals surface area contributed by atoms with Crippen molar-refractivity contribution in [2.24, 2.45) is 0 Å². The molecule has 0 saturated heterocycles. The molecular formula is C15H19NO5. The van der Waals surface area contributed by atoms with E-state index in [9.17, 15) is 14.4 Å². The van der Waals surface area contributed by atoms with Crippen molar-refractivity contribution in [1.29, 1.82) is 0 Å². The third kappa shape index (κ3) is 5.64. The lowest BCUT2D eigenvalue weighted by Gasteiger charge is -2.09. The van der Waals surface area contributed by atoms with Crippen LogP contribution < -0.4 is 10.1 Å². The molecule has 6 heteroatoms. The molecule has 0 aliphatic carbocycles. The summed E-state index contributed by atoms with van der Waals surface area (Å²) in [6.07, 6.45) is -0.00415. The number of hydrogen-bond donors (Lipinski definition) is 2.